The van der Waals surface area contributed by atoms with E-state index in [1.54, 1.807) is 0 Å². The Morgan fingerprint density at radius 1 is 1.00 bits per heavy atom. The van der Waals surface area contributed by atoms with Crippen LogP contribution in [0.2, 0.25) is 0 Å². The van der Waals surface area contributed by atoms with Crippen LogP contribution in [0.4, 0.5) is 0 Å². The van der Waals surface area contributed by atoms with Gasteiger partial charge in [0.1, 0.15) is 0 Å². The van der Waals surface area contributed by atoms with Crippen LogP contribution in [-0.4, -0.2) is 50.8 Å². The van der Waals surface area contributed by atoms with Gasteiger partial charge < -0.3 is 17.2 Å². The van der Waals surface area contributed by atoms with Gasteiger partial charge in [0, 0.05) is 13.1 Å². The van der Waals surface area contributed by atoms with Gasteiger partial charge >= 0.3 is 96.9 Å². The van der Waals surface area contributed by atoms with Gasteiger partial charge in [-0.2, -0.15) is 0 Å². The maximum Gasteiger partial charge on any atom is 2.00 e. The topological polar surface area (TPSA) is 52.0 Å². The minimum absolute atomic E-state index is 0. The first-order valence-corrected chi connectivity index (χ1v) is 1.32. The van der Waals surface area contributed by atoms with E-state index in [1.165, 1.54) is 0 Å². The zero-order valence-corrected chi connectivity index (χ0v) is 11.5. The fraction of sp³-hybridized carbons (Fsp3) is 1.00. The van der Waals surface area contributed by atoms with Crippen LogP contribution >= 0.6 is 0 Å². The fourth-order valence-corrected chi connectivity index (χ4v) is 0. The number of nitrogens with two attached hydrogens (primary N) is 2. The smallest absolute Gasteiger partial charge is 1.00 e. The third kappa shape index (κ3) is 27.1. The second-order valence-electron chi connectivity index (χ2n) is 0.577. The molecule has 0 fully saturated rings. The molecule has 0 aliphatic carbocycles. The predicted octanol–water partition coefficient (Wildman–Crippen LogP) is -7.02. The first-order valence-electron chi connectivity index (χ1n) is 1.32. The second kappa shape index (κ2) is 22.9. The van der Waals surface area contributed by atoms with E-state index >= 15 is 0 Å². The Kier molecular flexibility index (Phi) is 73.5. The van der Waals surface area contributed by atoms with Crippen molar-refractivity contribution >= 4 is 37.7 Å². The Balaban J connectivity index is -0.00000000214. The average Bonchev–Trinajstić information content (AvgIpc) is 1.37. The molecule has 0 rings (SSSR count). The first kappa shape index (κ1) is 22.5. The van der Waals surface area contributed by atoms with E-state index < -0.39 is 0 Å². The molecule has 0 aromatic rings. The minimum atomic E-state index is 0. The van der Waals surface area contributed by atoms with E-state index in [9.17, 15) is 0 Å². The summed E-state index contributed by atoms with van der Waals surface area (Å²) in [5.41, 5.74) is 9.81. The van der Waals surface area contributed by atoms with Crippen molar-refractivity contribution < 1.29 is 64.8 Å². The van der Waals surface area contributed by atoms with Crippen molar-refractivity contribution in [3.05, 3.63) is 0 Å². The first-order chi connectivity index (χ1) is 1.91. The summed E-state index contributed by atoms with van der Waals surface area (Å²) < 4.78 is 0. The van der Waals surface area contributed by atoms with Gasteiger partial charge in [-0.3, -0.25) is 0 Å². The van der Waals surface area contributed by atoms with Crippen molar-refractivity contribution in [1.82, 2.24) is 0 Å². The van der Waals surface area contributed by atoms with E-state index in [-0.39, 0.29) is 103 Å². The molecule has 0 atom stereocenters. The summed E-state index contributed by atoms with van der Waals surface area (Å²) in [5, 5.41) is 0. The third-order valence-electron chi connectivity index (χ3n) is 0.167. The van der Waals surface area contributed by atoms with Gasteiger partial charge in [0.25, 0.3) is 0 Å². The molecular formula is C2H12CaN2Na2. The summed E-state index contributed by atoms with van der Waals surface area (Å²) in [6, 6.07) is 0. The molecule has 2 nitrogen and oxygen atoms in total. The largest absolute Gasteiger partial charge is 2.00 e. The maximum atomic E-state index is 4.90. The van der Waals surface area contributed by atoms with Crippen molar-refractivity contribution in [3.63, 3.8) is 0 Å². The minimum Gasteiger partial charge on any atom is -1.00 e. The molecule has 34 valence electrons. The van der Waals surface area contributed by atoms with Gasteiger partial charge in [0.05, 0.1) is 0 Å². The Labute approximate surface area is 125 Å². The van der Waals surface area contributed by atoms with Crippen LogP contribution in [0.15, 0.2) is 0 Å². The molecule has 0 aromatic heterocycles. The molecule has 0 heterocycles. The second-order valence-corrected chi connectivity index (χ2v) is 0.577. The molecule has 0 unspecified atom stereocenters. The number of rotatable bonds is 1. The maximum absolute atomic E-state index is 4.90. The SMILES string of the molecule is NCCN.[Ca+2].[H-].[H-].[H-].[H-].[Na+].[Na+]. The van der Waals surface area contributed by atoms with E-state index in [2.05, 4.69) is 0 Å². The van der Waals surface area contributed by atoms with Gasteiger partial charge in [-0.25, -0.2) is 0 Å². The van der Waals surface area contributed by atoms with Crippen LogP contribution in [0.5, 0.6) is 0 Å². The molecule has 4 N–H and O–H groups in total. The van der Waals surface area contributed by atoms with Crippen molar-refractivity contribution in [2.24, 2.45) is 11.5 Å². The van der Waals surface area contributed by atoms with Gasteiger partial charge in [-0.05, 0) is 0 Å². The molecule has 0 bridgehead atoms. The van der Waals surface area contributed by atoms with E-state index in [0.717, 1.165) is 0 Å². The quantitative estimate of drug-likeness (QED) is 0.365. The van der Waals surface area contributed by atoms with E-state index in [0.29, 0.717) is 13.1 Å². The van der Waals surface area contributed by atoms with Gasteiger partial charge in [0.15, 0.2) is 0 Å². The molecule has 0 saturated heterocycles. The number of hydrogen-bond acceptors (Lipinski definition) is 2. The average molecular weight is 150 g/mol. The monoisotopic (exact) mass is 150 g/mol. The van der Waals surface area contributed by atoms with Crippen molar-refractivity contribution in [2.75, 3.05) is 13.1 Å². The molecule has 0 radical (unpaired) electrons. The molecule has 0 aromatic carbocycles. The van der Waals surface area contributed by atoms with Crippen LogP contribution in [0.3, 0.4) is 0 Å². The normalized spacial score (nSPS) is 4.29. The van der Waals surface area contributed by atoms with Crippen LogP contribution < -0.4 is 70.6 Å². The Morgan fingerprint density at radius 2 is 1.14 bits per heavy atom. The molecule has 5 heteroatoms. The van der Waals surface area contributed by atoms with Gasteiger partial charge in [-0.15, -0.1) is 0 Å². The summed E-state index contributed by atoms with van der Waals surface area (Å²) in [6.07, 6.45) is 0. The van der Waals surface area contributed by atoms with E-state index in [1.807, 2.05) is 0 Å². The third-order valence-corrected chi connectivity index (χ3v) is 0.167. The van der Waals surface area contributed by atoms with E-state index in [4.69, 9.17) is 11.5 Å². The molecule has 0 aliphatic rings. The van der Waals surface area contributed by atoms with Crippen molar-refractivity contribution in [1.29, 1.82) is 0 Å². The molecular weight excluding hydrogens is 138 g/mol. The van der Waals surface area contributed by atoms with Crippen molar-refractivity contribution in [2.45, 2.75) is 0 Å². The van der Waals surface area contributed by atoms with Crippen LogP contribution in [0, 0.1) is 0 Å². The summed E-state index contributed by atoms with van der Waals surface area (Å²) in [7, 11) is 0. The predicted molar refractivity (Wildman–Crippen MR) is 28.3 cm³/mol. The van der Waals surface area contributed by atoms with Crippen molar-refractivity contribution in [3.8, 4) is 0 Å². The summed E-state index contributed by atoms with van der Waals surface area (Å²) in [5.74, 6) is 0. The zero-order chi connectivity index (χ0) is 3.41. The summed E-state index contributed by atoms with van der Waals surface area (Å²) >= 11 is 0. The fourth-order valence-electron chi connectivity index (χ4n) is 0. The Hall–Kier alpha value is 3.18. The summed E-state index contributed by atoms with van der Waals surface area (Å²) in [6.45, 7) is 1.19. The molecule has 0 spiro atoms. The molecule has 0 aliphatic heterocycles. The molecule has 0 amide bonds. The van der Waals surface area contributed by atoms with Gasteiger partial charge in [0.2, 0.25) is 0 Å². The Morgan fingerprint density at radius 3 is 1.14 bits per heavy atom. The molecule has 7 heavy (non-hydrogen) atoms. The Bertz CT molecular complexity index is 26.1. The van der Waals surface area contributed by atoms with Gasteiger partial charge in [-0.1, -0.05) is 0 Å². The molecule has 0 saturated carbocycles. The number of hydrogen-bond donors (Lipinski definition) is 2. The summed E-state index contributed by atoms with van der Waals surface area (Å²) in [4.78, 5) is 0. The van der Waals surface area contributed by atoms with Crippen LogP contribution in [0.1, 0.15) is 5.71 Å². The standard InChI is InChI=1S/C2H8N2.Ca.2Na.4H/c3-1-2-4;;;;;;;/h1-4H2;;;;;;;/q;+2;2*+1;4*-1. The zero-order valence-electron chi connectivity index (χ0n) is 9.28. The van der Waals surface area contributed by atoms with Crippen LogP contribution in [-0.2, 0) is 0 Å². The van der Waals surface area contributed by atoms with Crippen LogP contribution in [0.25, 0.3) is 0 Å².